The van der Waals surface area contributed by atoms with E-state index in [4.69, 9.17) is 11.7 Å². The maximum absolute atomic E-state index is 8.58. The second kappa shape index (κ2) is 5.62. The van der Waals surface area contributed by atoms with Crippen molar-refractivity contribution in [2.45, 2.75) is 13.3 Å². The molecule has 0 unspecified atom stereocenters. The lowest BCUT2D eigenvalue weighted by Gasteiger charge is -2.19. The van der Waals surface area contributed by atoms with Gasteiger partial charge in [0.1, 0.15) is 11.9 Å². The zero-order valence-corrected chi connectivity index (χ0v) is 8.64. The second-order valence-electron chi connectivity index (χ2n) is 3.00. The molecule has 4 nitrogen and oxygen atoms in total. The molecule has 0 fully saturated rings. The van der Waals surface area contributed by atoms with Gasteiger partial charge in [-0.15, -0.1) is 6.42 Å². The molecule has 15 heavy (non-hydrogen) atoms. The van der Waals surface area contributed by atoms with E-state index < -0.39 is 0 Å². The quantitative estimate of drug-likeness (QED) is 0.685. The van der Waals surface area contributed by atoms with E-state index >= 15 is 0 Å². The van der Waals surface area contributed by atoms with E-state index in [1.54, 1.807) is 6.20 Å². The lowest BCUT2D eigenvalue weighted by atomic mass is 10.4. The Hall–Kier alpha value is -2.07. The highest BCUT2D eigenvalue weighted by Gasteiger charge is 2.05. The minimum Gasteiger partial charge on any atom is -0.344 e. The van der Waals surface area contributed by atoms with Gasteiger partial charge in [0.05, 0.1) is 18.9 Å². The van der Waals surface area contributed by atoms with Crippen molar-refractivity contribution in [2.24, 2.45) is 0 Å². The molecule has 0 aromatic carbocycles. The first-order valence-electron chi connectivity index (χ1n) is 4.72. The van der Waals surface area contributed by atoms with Crippen molar-refractivity contribution in [1.82, 2.24) is 9.97 Å². The van der Waals surface area contributed by atoms with Crippen LogP contribution in [0.2, 0.25) is 0 Å². The third kappa shape index (κ3) is 2.96. The van der Waals surface area contributed by atoms with Gasteiger partial charge >= 0.3 is 0 Å². The minimum atomic E-state index is 0.316. The molecule has 0 aliphatic heterocycles. The third-order valence-electron chi connectivity index (χ3n) is 1.85. The highest BCUT2D eigenvalue weighted by Crippen LogP contribution is 2.08. The van der Waals surface area contributed by atoms with Gasteiger partial charge in [-0.1, -0.05) is 12.8 Å². The Morgan fingerprint density at radius 3 is 2.73 bits per heavy atom. The summed E-state index contributed by atoms with van der Waals surface area (Å²) in [5, 5.41) is 8.58. The number of anilines is 1. The Labute approximate surface area is 89.6 Å². The molecule has 0 bridgehead atoms. The van der Waals surface area contributed by atoms with Gasteiger partial charge in [0, 0.05) is 6.54 Å². The van der Waals surface area contributed by atoms with Gasteiger partial charge in [-0.05, 0) is 6.42 Å². The van der Waals surface area contributed by atoms with Crippen molar-refractivity contribution in [2.75, 3.05) is 18.0 Å². The molecular weight excluding hydrogens is 188 g/mol. The molecule has 0 aliphatic carbocycles. The number of terminal acetylenes is 1. The summed E-state index contributed by atoms with van der Waals surface area (Å²) < 4.78 is 0. The summed E-state index contributed by atoms with van der Waals surface area (Å²) in [6, 6.07) is 1.92. The number of hydrogen-bond donors (Lipinski definition) is 0. The van der Waals surface area contributed by atoms with Crippen LogP contribution < -0.4 is 4.90 Å². The van der Waals surface area contributed by atoms with Gasteiger partial charge in [0.2, 0.25) is 0 Å². The highest BCUT2D eigenvalue weighted by molar-refractivity contribution is 5.38. The molecule has 0 aliphatic rings. The monoisotopic (exact) mass is 200 g/mol. The summed E-state index contributed by atoms with van der Waals surface area (Å²) >= 11 is 0. The van der Waals surface area contributed by atoms with E-state index in [9.17, 15) is 0 Å². The molecule has 0 radical (unpaired) electrons. The molecule has 0 spiro atoms. The van der Waals surface area contributed by atoms with Crippen LogP contribution in [0, 0.1) is 23.7 Å². The summed E-state index contributed by atoms with van der Waals surface area (Å²) in [5.41, 5.74) is 0.316. The second-order valence-corrected chi connectivity index (χ2v) is 3.00. The van der Waals surface area contributed by atoms with E-state index in [1.165, 1.54) is 6.20 Å². The summed E-state index contributed by atoms with van der Waals surface area (Å²) in [7, 11) is 0. The lowest BCUT2D eigenvalue weighted by Crippen LogP contribution is -2.25. The van der Waals surface area contributed by atoms with Crippen LogP contribution in [0.4, 0.5) is 5.82 Å². The van der Waals surface area contributed by atoms with Crippen LogP contribution in [-0.4, -0.2) is 23.1 Å². The first-order chi connectivity index (χ1) is 7.31. The zero-order valence-electron chi connectivity index (χ0n) is 8.64. The van der Waals surface area contributed by atoms with Crippen molar-refractivity contribution >= 4 is 5.82 Å². The number of nitrogens with zero attached hydrogens (tertiary/aromatic N) is 4. The average molecular weight is 200 g/mol. The van der Waals surface area contributed by atoms with Gasteiger partial charge in [0.25, 0.3) is 0 Å². The van der Waals surface area contributed by atoms with Crippen LogP contribution in [-0.2, 0) is 0 Å². The van der Waals surface area contributed by atoms with Crippen LogP contribution in [0.15, 0.2) is 12.4 Å². The Bertz CT molecular complexity index is 383. The normalized spacial score (nSPS) is 9.00. The van der Waals surface area contributed by atoms with Crippen molar-refractivity contribution in [3.8, 4) is 18.4 Å². The predicted octanol–water partition coefficient (Wildman–Crippen LogP) is 1.20. The van der Waals surface area contributed by atoms with Crippen LogP contribution in [0.3, 0.4) is 0 Å². The number of hydrogen-bond acceptors (Lipinski definition) is 4. The van der Waals surface area contributed by atoms with Crippen LogP contribution >= 0.6 is 0 Å². The van der Waals surface area contributed by atoms with E-state index in [0.717, 1.165) is 13.0 Å². The van der Waals surface area contributed by atoms with Crippen LogP contribution in [0.1, 0.15) is 19.0 Å². The smallest absolute Gasteiger partial charge is 0.158 e. The van der Waals surface area contributed by atoms with Crippen LogP contribution in [0.25, 0.3) is 0 Å². The van der Waals surface area contributed by atoms with E-state index in [-0.39, 0.29) is 0 Å². The topological polar surface area (TPSA) is 52.8 Å². The van der Waals surface area contributed by atoms with E-state index in [2.05, 4.69) is 22.8 Å². The fraction of sp³-hybridized carbons (Fsp3) is 0.364. The van der Waals surface area contributed by atoms with Gasteiger partial charge in [0.15, 0.2) is 5.69 Å². The molecule has 0 saturated heterocycles. The summed E-state index contributed by atoms with van der Waals surface area (Å²) in [6.45, 7) is 3.42. The molecule has 1 aromatic heterocycles. The fourth-order valence-corrected chi connectivity index (χ4v) is 1.20. The largest absolute Gasteiger partial charge is 0.344 e. The molecule has 76 valence electrons. The lowest BCUT2D eigenvalue weighted by molar-refractivity contribution is 0.804. The first kappa shape index (κ1) is 11.0. The van der Waals surface area contributed by atoms with E-state index in [1.807, 2.05) is 11.0 Å². The van der Waals surface area contributed by atoms with Gasteiger partial charge in [-0.25, -0.2) is 9.97 Å². The van der Waals surface area contributed by atoms with Gasteiger partial charge in [-0.2, -0.15) is 5.26 Å². The van der Waals surface area contributed by atoms with Gasteiger partial charge < -0.3 is 4.90 Å². The van der Waals surface area contributed by atoms with Crippen molar-refractivity contribution < 1.29 is 0 Å². The Kier molecular flexibility index (Phi) is 4.12. The molecule has 0 atom stereocenters. The average Bonchev–Trinajstić information content (AvgIpc) is 2.29. The molecule has 1 heterocycles. The van der Waals surface area contributed by atoms with Crippen molar-refractivity contribution in [3.63, 3.8) is 0 Å². The van der Waals surface area contributed by atoms with Gasteiger partial charge in [-0.3, -0.25) is 0 Å². The molecule has 1 aromatic rings. The predicted molar refractivity (Wildman–Crippen MR) is 58.1 cm³/mol. The van der Waals surface area contributed by atoms with Crippen LogP contribution in [0.5, 0.6) is 0 Å². The minimum absolute atomic E-state index is 0.316. The number of aromatic nitrogens is 2. The summed E-state index contributed by atoms with van der Waals surface area (Å²) in [5.74, 6) is 3.29. The standard InChI is InChI=1S/C11H12N4/c1-3-5-15(6-4-2)11-9-13-10(7-12)8-14-11/h1,8-9H,4-6H2,2H3. The number of nitriles is 1. The highest BCUT2D eigenvalue weighted by atomic mass is 15.2. The molecule has 0 N–H and O–H groups in total. The maximum Gasteiger partial charge on any atom is 0.158 e. The molecule has 4 heteroatoms. The van der Waals surface area contributed by atoms with Crippen molar-refractivity contribution in [1.29, 1.82) is 5.26 Å². The molecule has 0 amide bonds. The maximum atomic E-state index is 8.58. The SMILES string of the molecule is C#CCN(CCC)c1cnc(C#N)cn1. The Morgan fingerprint density at radius 2 is 2.27 bits per heavy atom. The van der Waals surface area contributed by atoms with Crippen molar-refractivity contribution in [3.05, 3.63) is 18.1 Å². The molecular formula is C11H12N4. The Morgan fingerprint density at radius 1 is 1.47 bits per heavy atom. The first-order valence-corrected chi connectivity index (χ1v) is 4.72. The summed E-state index contributed by atoms with van der Waals surface area (Å²) in [6.07, 6.45) is 9.28. The Balaban J connectivity index is 2.83. The zero-order chi connectivity index (χ0) is 11.1. The van der Waals surface area contributed by atoms with E-state index in [0.29, 0.717) is 18.1 Å². The number of rotatable bonds is 4. The fourth-order valence-electron chi connectivity index (χ4n) is 1.20. The molecule has 0 saturated carbocycles. The third-order valence-corrected chi connectivity index (χ3v) is 1.85. The summed E-state index contributed by atoms with van der Waals surface area (Å²) in [4.78, 5) is 10.0. The molecule has 1 rings (SSSR count).